The first-order valence-corrected chi connectivity index (χ1v) is 8.59. The summed E-state index contributed by atoms with van der Waals surface area (Å²) in [5, 5.41) is 3.05. The molecule has 130 valence electrons. The lowest BCUT2D eigenvalue weighted by molar-refractivity contribution is -0.116. The summed E-state index contributed by atoms with van der Waals surface area (Å²) in [6.07, 6.45) is 5.24. The monoisotopic (exact) mass is 328 g/mol. The average molecular weight is 328 g/mol. The van der Waals surface area contributed by atoms with E-state index in [0.29, 0.717) is 29.7 Å². The summed E-state index contributed by atoms with van der Waals surface area (Å²) < 4.78 is 2.14. The fourth-order valence-corrected chi connectivity index (χ4v) is 3.47. The highest BCUT2D eigenvalue weighted by Crippen LogP contribution is 2.53. The molecule has 0 aliphatic heterocycles. The standard InChI is InChI=1S/C18H24N4O.CH4/c1-11-7-8-14-16(19-11)22(13-5-4-6-13)17(20-14)21-15(23)9-12-10-18(12,2)3;/h7-8,12-13H,4-6,9-10H2,1-3H3,(H,20,21,23);1H4. The number of hydrogen-bond acceptors (Lipinski definition) is 3. The number of carbonyl (C=O) groups is 1. The molecule has 5 heteroatoms. The van der Waals surface area contributed by atoms with Gasteiger partial charge in [-0.15, -0.1) is 0 Å². The number of carbonyl (C=O) groups excluding carboxylic acids is 1. The Morgan fingerprint density at radius 3 is 2.62 bits per heavy atom. The van der Waals surface area contributed by atoms with E-state index in [4.69, 9.17) is 0 Å². The highest BCUT2D eigenvalue weighted by atomic mass is 16.1. The SMILES string of the molecule is C.Cc1ccc2nc(NC(=O)CC3CC3(C)C)n(C3CCC3)c2n1. The van der Waals surface area contributed by atoms with Gasteiger partial charge in [0.05, 0.1) is 0 Å². The van der Waals surface area contributed by atoms with Crippen molar-refractivity contribution in [2.45, 2.75) is 66.3 Å². The van der Waals surface area contributed by atoms with Crippen molar-refractivity contribution in [2.75, 3.05) is 5.32 Å². The second-order valence-electron chi connectivity index (χ2n) is 7.83. The highest BCUT2D eigenvalue weighted by Gasteiger charge is 2.46. The number of aryl methyl sites for hydroxylation is 1. The molecule has 1 atom stereocenters. The zero-order valence-corrected chi connectivity index (χ0v) is 14.1. The fraction of sp³-hybridized carbons (Fsp3) is 0.632. The molecule has 1 unspecified atom stereocenters. The van der Waals surface area contributed by atoms with E-state index in [9.17, 15) is 4.79 Å². The van der Waals surface area contributed by atoms with Crippen LogP contribution in [-0.4, -0.2) is 20.4 Å². The zero-order chi connectivity index (χ0) is 16.2. The fourth-order valence-electron chi connectivity index (χ4n) is 3.47. The van der Waals surface area contributed by atoms with Crippen molar-refractivity contribution in [3.05, 3.63) is 17.8 Å². The number of fused-ring (bicyclic) bond motifs is 1. The molecule has 2 aliphatic rings. The number of pyridine rings is 1. The number of aromatic nitrogens is 3. The first-order valence-electron chi connectivity index (χ1n) is 8.59. The molecule has 2 aromatic rings. The topological polar surface area (TPSA) is 59.8 Å². The molecule has 2 saturated carbocycles. The number of nitrogens with one attached hydrogen (secondary N) is 1. The largest absolute Gasteiger partial charge is 0.296 e. The van der Waals surface area contributed by atoms with Crippen LogP contribution in [0.15, 0.2) is 12.1 Å². The smallest absolute Gasteiger partial charge is 0.226 e. The summed E-state index contributed by atoms with van der Waals surface area (Å²) in [5.41, 5.74) is 3.07. The number of rotatable bonds is 4. The Kier molecular flexibility index (Phi) is 4.14. The molecule has 1 amide bonds. The van der Waals surface area contributed by atoms with Crippen molar-refractivity contribution < 1.29 is 4.79 Å². The van der Waals surface area contributed by atoms with E-state index < -0.39 is 0 Å². The Morgan fingerprint density at radius 1 is 1.33 bits per heavy atom. The van der Waals surface area contributed by atoms with Gasteiger partial charge in [0.2, 0.25) is 11.9 Å². The number of imidazole rings is 1. The van der Waals surface area contributed by atoms with Gasteiger partial charge in [0.1, 0.15) is 5.52 Å². The van der Waals surface area contributed by atoms with Gasteiger partial charge in [-0.1, -0.05) is 21.3 Å². The van der Waals surface area contributed by atoms with Gasteiger partial charge in [-0.2, -0.15) is 0 Å². The molecule has 2 fully saturated rings. The molecular weight excluding hydrogens is 300 g/mol. The lowest BCUT2D eigenvalue weighted by Crippen LogP contribution is -2.22. The molecule has 0 saturated heterocycles. The summed E-state index contributed by atoms with van der Waals surface area (Å²) in [5.74, 6) is 1.25. The quantitative estimate of drug-likeness (QED) is 0.900. The molecule has 0 radical (unpaired) electrons. The van der Waals surface area contributed by atoms with Gasteiger partial charge in [0.25, 0.3) is 0 Å². The van der Waals surface area contributed by atoms with Gasteiger partial charge < -0.3 is 0 Å². The summed E-state index contributed by atoms with van der Waals surface area (Å²) >= 11 is 0. The van der Waals surface area contributed by atoms with Gasteiger partial charge in [0, 0.05) is 18.2 Å². The van der Waals surface area contributed by atoms with Gasteiger partial charge in [-0.05, 0) is 56.1 Å². The minimum atomic E-state index is 0. The van der Waals surface area contributed by atoms with E-state index in [-0.39, 0.29) is 13.3 Å². The Bertz CT molecular complexity index is 773. The predicted molar refractivity (Wildman–Crippen MR) is 97.0 cm³/mol. The van der Waals surface area contributed by atoms with Crippen LogP contribution in [0.25, 0.3) is 11.2 Å². The molecule has 1 N–H and O–H groups in total. The Morgan fingerprint density at radius 2 is 2.04 bits per heavy atom. The second kappa shape index (κ2) is 5.87. The Balaban J connectivity index is 0.00000169. The average Bonchev–Trinajstić information content (AvgIpc) is 2.86. The molecule has 2 aliphatic carbocycles. The van der Waals surface area contributed by atoms with E-state index in [2.05, 4.69) is 33.7 Å². The van der Waals surface area contributed by atoms with Gasteiger partial charge >= 0.3 is 0 Å². The summed E-state index contributed by atoms with van der Waals surface area (Å²) in [6, 6.07) is 4.38. The summed E-state index contributed by atoms with van der Waals surface area (Å²) in [6.45, 7) is 6.44. The van der Waals surface area contributed by atoms with Crippen LogP contribution in [0, 0.1) is 18.3 Å². The van der Waals surface area contributed by atoms with Crippen molar-refractivity contribution in [1.29, 1.82) is 0 Å². The summed E-state index contributed by atoms with van der Waals surface area (Å²) in [4.78, 5) is 21.7. The number of hydrogen-bond donors (Lipinski definition) is 1. The first-order chi connectivity index (χ1) is 10.9. The van der Waals surface area contributed by atoms with Crippen molar-refractivity contribution in [3.8, 4) is 0 Å². The van der Waals surface area contributed by atoms with Crippen LogP contribution in [0.3, 0.4) is 0 Å². The molecule has 0 aromatic carbocycles. The third-order valence-electron chi connectivity index (χ3n) is 5.52. The van der Waals surface area contributed by atoms with Crippen molar-refractivity contribution in [1.82, 2.24) is 14.5 Å². The molecular formula is C19H28N4O. The molecule has 5 nitrogen and oxygen atoms in total. The Hall–Kier alpha value is -1.91. The molecule has 2 heterocycles. The minimum absolute atomic E-state index is 0. The molecule has 4 rings (SSSR count). The van der Waals surface area contributed by atoms with Crippen LogP contribution in [0.4, 0.5) is 5.95 Å². The van der Waals surface area contributed by atoms with Crippen LogP contribution in [0.2, 0.25) is 0 Å². The normalized spacial score (nSPS) is 21.9. The first kappa shape index (κ1) is 16.9. The van der Waals surface area contributed by atoms with E-state index >= 15 is 0 Å². The van der Waals surface area contributed by atoms with Gasteiger partial charge in [-0.25, -0.2) is 9.97 Å². The lowest BCUT2D eigenvalue weighted by atomic mass is 9.93. The number of anilines is 1. The van der Waals surface area contributed by atoms with E-state index in [1.54, 1.807) is 0 Å². The van der Waals surface area contributed by atoms with Crippen LogP contribution in [0.1, 0.15) is 65.1 Å². The maximum atomic E-state index is 12.4. The van der Waals surface area contributed by atoms with E-state index in [0.717, 1.165) is 36.1 Å². The highest BCUT2D eigenvalue weighted by molar-refractivity contribution is 5.91. The minimum Gasteiger partial charge on any atom is -0.296 e. The predicted octanol–water partition coefficient (Wildman–Crippen LogP) is 4.48. The van der Waals surface area contributed by atoms with Crippen molar-refractivity contribution in [3.63, 3.8) is 0 Å². The van der Waals surface area contributed by atoms with Gasteiger partial charge in [-0.3, -0.25) is 14.7 Å². The van der Waals surface area contributed by atoms with Gasteiger partial charge in [0.15, 0.2) is 5.65 Å². The molecule has 2 aromatic heterocycles. The Labute approximate surface area is 143 Å². The molecule has 24 heavy (non-hydrogen) atoms. The second-order valence-corrected chi connectivity index (χ2v) is 7.83. The zero-order valence-electron chi connectivity index (χ0n) is 14.1. The lowest BCUT2D eigenvalue weighted by Gasteiger charge is -2.28. The van der Waals surface area contributed by atoms with Crippen molar-refractivity contribution in [2.24, 2.45) is 11.3 Å². The van der Waals surface area contributed by atoms with Crippen molar-refractivity contribution >= 4 is 23.0 Å². The van der Waals surface area contributed by atoms with Crippen LogP contribution < -0.4 is 5.32 Å². The third-order valence-corrected chi connectivity index (χ3v) is 5.52. The van der Waals surface area contributed by atoms with Crippen LogP contribution in [-0.2, 0) is 4.79 Å². The number of amides is 1. The molecule has 0 spiro atoms. The van der Waals surface area contributed by atoms with E-state index in [1.807, 2.05) is 19.1 Å². The van der Waals surface area contributed by atoms with E-state index in [1.165, 1.54) is 6.42 Å². The maximum absolute atomic E-state index is 12.4. The van der Waals surface area contributed by atoms with Crippen LogP contribution in [0.5, 0.6) is 0 Å². The maximum Gasteiger partial charge on any atom is 0.226 e. The summed E-state index contributed by atoms with van der Waals surface area (Å²) in [7, 11) is 0. The van der Waals surface area contributed by atoms with Crippen LogP contribution >= 0.6 is 0 Å². The number of nitrogens with zero attached hydrogens (tertiary/aromatic N) is 3. The third kappa shape index (κ3) is 2.92. The molecule has 0 bridgehead atoms.